The van der Waals surface area contributed by atoms with Crippen molar-refractivity contribution in [2.45, 2.75) is 58.0 Å². The lowest BCUT2D eigenvalue weighted by atomic mass is 10.1. The van der Waals surface area contributed by atoms with Gasteiger partial charge in [-0.3, -0.25) is 4.79 Å². The second-order valence-corrected chi connectivity index (χ2v) is 6.39. The van der Waals surface area contributed by atoms with Crippen LogP contribution in [0.2, 0.25) is 0 Å². The van der Waals surface area contributed by atoms with Crippen LogP contribution < -0.4 is 0 Å². The number of carboxylic acids is 1. The van der Waals surface area contributed by atoms with Crippen LogP contribution in [0.1, 0.15) is 51.9 Å². The zero-order valence-electron chi connectivity index (χ0n) is 15.8. The first-order valence-corrected chi connectivity index (χ1v) is 9.52. The van der Waals surface area contributed by atoms with Crippen molar-refractivity contribution in [1.82, 2.24) is 0 Å². The largest absolute Gasteiger partial charge is 0.481 e. The first-order valence-electron chi connectivity index (χ1n) is 9.52. The molecule has 3 nitrogen and oxygen atoms in total. The molecule has 0 fully saturated rings. The third-order valence-electron chi connectivity index (χ3n) is 4.10. The van der Waals surface area contributed by atoms with Gasteiger partial charge in [0, 0.05) is 6.42 Å². The van der Waals surface area contributed by atoms with E-state index in [-0.39, 0.29) is 6.42 Å². The van der Waals surface area contributed by atoms with Gasteiger partial charge in [-0.1, -0.05) is 79.3 Å². The van der Waals surface area contributed by atoms with Crippen molar-refractivity contribution in [1.29, 1.82) is 0 Å². The van der Waals surface area contributed by atoms with E-state index >= 15 is 0 Å². The average molecular weight is 357 g/mol. The zero-order chi connectivity index (χ0) is 19.0. The molecule has 1 aliphatic rings. The number of carbonyl (C=O) groups is 1. The molecule has 0 saturated heterocycles. The average Bonchev–Trinajstić information content (AvgIpc) is 3.38. The smallest absolute Gasteiger partial charge is 0.303 e. The number of carboxylic acid groups (broad SMARTS) is 1. The summed E-state index contributed by atoms with van der Waals surface area (Å²) in [5.41, 5.74) is 1.53. The van der Waals surface area contributed by atoms with Crippen molar-refractivity contribution in [3.63, 3.8) is 0 Å². The molecule has 0 heterocycles. The number of hydrogen-bond donors (Lipinski definition) is 2. The first-order chi connectivity index (χ1) is 12.6. The molecule has 0 radical (unpaired) electrons. The van der Waals surface area contributed by atoms with Gasteiger partial charge in [0.1, 0.15) is 0 Å². The van der Waals surface area contributed by atoms with Gasteiger partial charge in [-0.05, 0) is 44.4 Å². The van der Waals surface area contributed by atoms with Gasteiger partial charge in [-0.15, -0.1) is 0 Å². The molecule has 0 saturated carbocycles. The minimum absolute atomic E-state index is 0.189. The fourth-order valence-electron chi connectivity index (χ4n) is 2.46. The van der Waals surface area contributed by atoms with Crippen LogP contribution in [-0.4, -0.2) is 22.3 Å². The van der Waals surface area contributed by atoms with E-state index in [4.69, 9.17) is 5.11 Å². The molecule has 0 amide bonds. The Kier molecular flexibility index (Phi) is 11.9. The summed E-state index contributed by atoms with van der Waals surface area (Å²) in [6, 6.07) is 0. The van der Waals surface area contributed by atoms with Crippen LogP contribution in [0.5, 0.6) is 0 Å². The molecule has 0 bridgehead atoms. The summed E-state index contributed by atoms with van der Waals surface area (Å²) in [7, 11) is 0. The van der Waals surface area contributed by atoms with Crippen LogP contribution in [0.25, 0.3) is 0 Å². The van der Waals surface area contributed by atoms with Crippen molar-refractivity contribution in [3.8, 4) is 0 Å². The number of allylic oxidation sites excluding steroid dienone is 10. The molecule has 2 unspecified atom stereocenters. The molecule has 0 spiro atoms. The van der Waals surface area contributed by atoms with Crippen molar-refractivity contribution >= 4 is 5.97 Å². The Morgan fingerprint density at radius 1 is 1.08 bits per heavy atom. The fraction of sp³-hybridized carbons (Fsp3) is 0.435. The van der Waals surface area contributed by atoms with Gasteiger partial charge in [-0.2, -0.15) is 0 Å². The first kappa shape index (κ1) is 21.9. The Bertz CT molecular complexity index is 576. The lowest BCUT2D eigenvalue weighted by molar-refractivity contribution is -0.136. The van der Waals surface area contributed by atoms with Crippen molar-refractivity contribution in [2.75, 3.05) is 0 Å². The predicted molar refractivity (Wildman–Crippen MR) is 109 cm³/mol. The second-order valence-electron chi connectivity index (χ2n) is 6.39. The number of aliphatic hydroxyl groups is 1. The van der Waals surface area contributed by atoms with Gasteiger partial charge in [0.2, 0.25) is 0 Å². The van der Waals surface area contributed by atoms with Gasteiger partial charge in [0.25, 0.3) is 0 Å². The molecule has 3 heteroatoms. The predicted octanol–water partition coefficient (Wildman–Crippen LogP) is 5.52. The third-order valence-corrected chi connectivity index (χ3v) is 4.10. The summed E-state index contributed by atoms with van der Waals surface area (Å²) < 4.78 is 0. The van der Waals surface area contributed by atoms with E-state index in [2.05, 4.69) is 37.3 Å². The molecular weight excluding hydrogens is 324 g/mol. The monoisotopic (exact) mass is 356 g/mol. The Morgan fingerprint density at radius 3 is 2.50 bits per heavy atom. The summed E-state index contributed by atoms with van der Waals surface area (Å²) in [6.07, 6.45) is 27.1. The molecule has 2 atom stereocenters. The number of hydrogen-bond acceptors (Lipinski definition) is 2. The van der Waals surface area contributed by atoms with E-state index in [9.17, 15) is 9.90 Å². The van der Waals surface area contributed by atoms with Crippen LogP contribution in [-0.2, 0) is 4.79 Å². The van der Waals surface area contributed by atoms with Crippen molar-refractivity contribution < 1.29 is 15.0 Å². The van der Waals surface area contributed by atoms with E-state index in [0.717, 1.165) is 25.2 Å². The van der Waals surface area contributed by atoms with Gasteiger partial charge >= 0.3 is 5.97 Å². The van der Waals surface area contributed by atoms with Crippen LogP contribution in [0.15, 0.2) is 72.4 Å². The van der Waals surface area contributed by atoms with Crippen molar-refractivity contribution in [3.05, 3.63) is 72.4 Å². The zero-order valence-corrected chi connectivity index (χ0v) is 15.8. The van der Waals surface area contributed by atoms with Crippen LogP contribution in [0.3, 0.4) is 0 Å². The second kappa shape index (κ2) is 14.1. The third kappa shape index (κ3) is 12.3. The van der Waals surface area contributed by atoms with Crippen LogP contribution in [0, 0.1) is 5.92 Å². The van der Waals surface area contributed by atoms with Gasteiger partial charge < -0.3 is 10.2 Å². The van der Waals surface area contributed by atoms with Crippen molar-refractivity contribution in [2.24, 2.45) is 5.92 Å². The molecule has 0 aromatic heterocycles. The minimum Gasteiger partial charge on any atom is -0.481 e. The van der Waals surface area contributed by atoms with E-state index in [1.807, 2.05) is 30.4 Å². The highest BCUT2D eigenvalue weighted by molar-refractivity contribution is 5.66. The lowest BCUT2D eigenvalue weighted by Crippen LogP contribution is -1.98. The molecule has 0 aliphatic heterocycles. The molecule has 1 aliphatic carbocycles. The molecule has 2 N–H and O–H groups in total. The summed E-state index contributed by atoms with van der Waals surface area (Å²) in [5.74, 6) is -0.0258. The van der Waals surface area contributed by atoms with E-state index in [0.29, 0.717) is 12.8 Å². The molecule has 142 valence electrons. The van der Waals surface area contributed by atoms with Gasteiger partial charge in [-0.25, -0.2) is 0 Å². The van der Waals surface area contributed by atoms with Crippen LogP contribution >= 0.6 is 0 Å². The van der Waals surface area contributed by atoms with Gasteiger partial charge in [0.15, 0.2) is 0 Å². The highest BCUT2D eigenvalue weighted by Gasteiger charge is 2.19. The molecule has 1 rings (SSSR count). The molecular formula is C23H32O3. The molecule has 0 aromatic rings. The van der Waals surface area contributed by atoms with E-state index < -0.39 is 12.1 Å². The maximum absolute atomic E-state index is 10.3. The number of rotatable bonds is 14. The summed E-state index contributed by atoms with van der Waals surface area (Å²) in [4.78, 5) is 10.3. The molecule has 0 aromatic carbocycles. The molecule has 26 heavy (non-hydrogen) atoms. The highest BCUT2D eigenvalue weighted by atomic mass is 16.4. The SMILES string of the molecule is CCC1C=C1CC=CCC(O)C=CC=CCC=CCC=CCCC(=O)O. The normalized spacial score (nSPS) is 18.7. The Hall–Kier alpha value is -2.13. The maximum atomic E-state index is 10.3. The minimum atomic E-state index is -0.759. The fourth-order valence-corrected chi connectivity index (χ4v) is 2.46. The highest BCUT2D eigenvalue weighted by Crippen LogP contribution is 2.34. The maximum Gasteiger partial charge on any atom is 0.303 e. The summed E-state index contributed by atoms with van der Waals surface area (Å²) >= 11 is 0. The summed E-state index contributed by atoms with van der Waals surface area (Å²) in [6.45, 7) is 2.21. The van der Waals surface area contributed by atoms with Gasteiger partial charge in [0.05, 0.1) is 6.10 Å². The number of aliphatic hydroxyl groups excluding tert-OH is 1. The Labute approximate surface area is 157 Å². The number of aliphatic carboxylic acids is 1. The summed E-state index contributed by atoms with van der Waals surface area (Å²) in [5, 5.41) is 18.4. The Balaban J connectivity index is 2.02. The lowest BCUT2D eigenvalue weighted by Gasteiger charge is -1.99. The van der Waals surface area contributed by atoms with Crippen LogP contribution in [0.4, 0.5) is 0 Å². The van der Waals surface area contributed by atoms with E-state index in [1.54, 1.807) is 6.08 Å². The van der Waals surface area contributed by atoms with E-state index in [1.165, 1.54) is 12.0 Å². The standard InChI is InChI=1S/C23H32O3/c1-2-20-19-21(20)15-13-14-17-22(24)16-11-9-7-5-3-4-6-8-10-12-18-23(25)26/h3-4,7-11,13-14,16,19-20,22,24H,2,5-6,12,15,17-18H2,1H3,(H,25,26). The quantitative estimate of drug-likeness (QED) is 0.318. The Morgan fingerprint density at radius 2 is 1.81 bits per heavy atom. The topological polar surface area (TPSA) is 57.5 Å².